The fourth-order valence-corrected chi connectivity index (χ4v) is 3.68. The third kappa shape index (κ3) is 7.72. The molecule has 0 bridgehead atoms. The van der Waals surface area contributed by atoms with Crippen LogP contribution in [0.3, 0.4) is 0 Å². The van der Waals surface area contributed by atoms with Crippen LogP contribution in [-0.4, -0.2) is 56.5 Å². The smallest absolute Gasteiger partial charge is 0.224 e. The zero-order chi connectivity index (χ0) is 21.3. The quantitative estimate of drug-likeness (QED) is 0.324. The van der Waals surface area contributed by atoms with Crippen LogP contribution in [0.25, 0.3) is 0 Å². The van der Waals surface area contributed by atoms with Gasteiger partial charge in [0.25, 0.3) is 0 Å². The summed E-state index contributed by atoms with van der Waals surface area (Å²) in [5, 5.41) is 6.77. The van der Waals surface area contributed by atoms with E-state index >= 15 is 0 Å². The maximum atomic E-state index is 12.4. The van der Waals surface area contributed by atoms with Crippen molar-refractivity contribution >= 4 is 41.5 Å². The Labute approximate surface area is 203 Å². The molecule has 0 spiro atoms. The Morgan fingerprint density at radius 2 is 1.87 bits per heavy atom. The van der Waals surface area contributed by atoms with Crippen LogP contribution in [0.5, 0.6) is 0 Å². The number of amides is 1. The second kappa shape index (κ2) is 12.5. The van der Waals surface area contributed by atoms with E-state index in [1.165, 1.54) is 11.3 Å². The number of rotatable bonds is 7. The highest BCUT2D eigenvalue weighted by molar-refractivity contribution is 14.0. The number of aliphatic imine (C=N–C) groups is 1. The second-order valence-electron chi connectivity index (χ2n) is 7.90. The van der Waals surface area contributed by atoms with Crippen molar-refractivity contribution in [2.75, 3.05) is 38.6 Å². The van der Waals surface area contributed by atoms with E-state index in [2.05, 4.69) is 51.7 Å². The normalized spacial score (nSPS) is 15.9. The highest BCUT2D eigenvalue weighted by Gasteiger charge is 2.23. The molecule has 1 saturated heterocycles. The second-order valence-corrected chi connectivity index (χ2v) is 7.90. The van der Waals surface area contributed by atoms with Gasteiger partial charge in [-0.15, -0.1) is 24.0 Å². The molecule has 0 aliphatic carbocycles. The van der Waals surface area contributed by atoms with E-state index in [-0.39, 0.29) is 29.9 Å². The summed E-state index contributed by atoms with van der Waals surface area (Å²) in [7, 11) is 3.62. The summed E-state index contributed by atoms with van der Waals surface area (Å²) in [6, 6.07) is 19.1. The standard InChI is InChI=1S/C24H33N5O.HI/c1-19-9-11-22(12-10-19)29-16-14-21(18-29)27-24(25-2)26-15-13-23(30)28(3)17-20-7-5-4-6-8-20;/h4-12,21H,13-18H2,1-3H3,(H2,25,26,27);1H. The number of anilines is 1. The third-order valence-corrected chi connectivity index (χ3v) is 5.47. The van der Waals surface area contributed by atoms with E-state index in [1.807, 2.05) is 37.4 Å². The minimum Gasteiger partial charge on any atom is -0.369 e. The Bertz CT molecular complexity index is 841. The molecule has 1 amide bonds. The molecule has 3 rings (SSSR count). The van der Waals surface area contributed by atoms with Crippen LogP contribution in [0.15, 0.2) is 59.6 Å². The summed E-state index contributed by atoms with van der Waals surface area (Å²) in [6.07, 6.45) is 1.50. The van der Waals surface area contributed by atoms with E-state index in [1.54, 1.807) is 11.9 Å². The van der Waals surface area contributed by atoms with Gasteiger partial charge in [0.2, 0.25) is 5.91 Å². The number of guanidine groups is 1. The Kier molecular flexibility index (Phi) is 10.1. The number of carbonyl (C=O) groups is 1. The largest absolute Gasteiger partial charge is 0.369 e. The van der Waals surface area contributed by atoms with E-state index in [4.69, 9.17) is 0 Å². The highest BCUT2D eigenvalue weighted by atomic mass is 127. The van der Waals surface area contributed by atoms with E-state index in [0.29, 0.717) is 25.6 Å². The van der Waals surface area contributed by atoms with Crippen molar-refractivity contribution < 1.29 is 4.79 Å². The number of carbonyl (C=O) groups excluding carboxylic acids is 1. The molecule has 1 aliphatic rings. The SMILES string of the molecule is CN=C(NCCC(=O)N(C)Cc1ccccc1)NC1CCN(c2ccc(C)cc2)C1.I. The predicted octanol–water partition coefficient (Wildman–Crippen LogP) is 3.41. The van der Waals surface area contributed by atoms with Crippen LogP contribution >= 0.6 is 24.0 Å². The summed E-state index contributed by atoms with van der Waals surface area (Å²) < 4.78 is 0. The molecule has 2 aromatic rings. The molecule has 1 aliphatic heterocycles. The van der Waals surface area contributed by atoms with Gasteiger partial charge in [-0.2, -0.15) is 0 Å². The molecule has 168 valence electrons. The molecule has 0 radical (unpaired) electrons. The molecule has 2 aromatic carbocycles. The van der Waals surface area contributed by atoms with Crippen LogP contribution in [0.2, 0.25) is 0 Å². The first-order valence-corrected chi connectivity index (χ1v) is 10.6. The average molecular weight is 535 g/mol. The van der Waals surface area contributed by atoms with Gasteiger partial charge in [0.1, 0.15) is 0 Å². The first kappa shape index (κ1) is 25.0. The van der Waals surface area contributed by atoms with Crippen LogP contribution in [0.4, 0.5) is 5.69 Å². The number of nitrogens with zero attached hydrogens (tertiary/aromatic N) is 3. The fourth-order valence-electron chi connectivity index (χ4n) is 3.68. The van der Waals surface area contributed by atoms with Crippen LogP contribution < -0.4 is 15.5 Å². The van der Waals surface area contributed by atoms with Crippen LogP contribution in [0.1, 0.15) is 24.0 Å². The lowest BCUT2D eigenvalue weighted by atomic mass is 10.2. The highest BCUT2D eigenvalue weighted by Crippen LogP contribution is 2.20. The van der Waals surface area contributed by atoms with Gasteiger partial charge in [-0.3, -0.25) is 9.79 Å². The lowest BCUT2D eigenvalue weighted by Gasteiger charge is -2.21. The number of hydrogen-bond donors (Lipinski definition) is 2. The molecule has 0 aromatic heterocycles. The molecule has 7 heteroatoms. The van der Waals surface area contributed by atoms with Crippen molar-refractivity contribution in [3.8, 4) is 0 Å². The molecular formula is C24H34IN5O. The lowest BCUT2D eigenvalue weighted by Crippen LogP contribution is -2.45. The topological polar surface area (TPSA) is 60.0 Å². The molecular weight excluding hydrogens is 501 g/mol. The number of halogens is 1. The van der Waals surface area contributed by atoms with Crippen molar-refractivity contribution in [1.29, 1.82) is 0 Å². The minimum atomic E-state index is 0. The summed E-state index contributed by atoms with van der Waals surface area (Å²) in [5.74, 6) is 0.873. The molecule has 1 fully saturated rings. The summed E-state index contributed by atoms with van der Waals surface area (Å²) >= 11 is 0. The van der Waals surface area contributed by atoms with Gasteiger partial charge in [-0.05, 0) is 31.0 Å². The van der Waals surface area contributed by atoms with Gasteiger partial charge in [-0.25, -0.2) is 0 Å². The number of aryl methyl sites for hydroxylation is 1. The van der Waals surface area contributed by atoms with E-state index in [9.17, 15) is 4.79 Å². The van der Waals surface area contributed by atoms with Gasteiger partial charge in [0.15, 0.2) is 5.96 Å². The van der Waals surface area contributed by atoms with Gasteiger partial charge < -0.3 is 20.4 Å². The Balaban J connectivity index is 0.00000341. The zero-order valence-electron chi connectivity index (χ0n) is 18.7. The average Bonchev–Trinajstić information content (AvgIpc) is 3.22. The molecule has 31 heavy (non-hydrogen) atoms. The van der Waals surface area contributed by atoms with E-state index in [0.717, 1.165) is 31.0 Å². The Hall–Kier alpha value is -2.29. The maximum absolute atomic E-state index is 12.4. The van der Waals surface area contributed by atoms with Gasteiger partial charge in [-0.1, -0.05) is 48.0 Å². The molecule has 1 heterocycles. The molecule has 1 atom stereocenters. The lowest BCUT2D eigenvalue weighted by molar-refractivity contribution is -0.130. The van der Waals surface area contributed by atoms with Gasteiger partial charge in [0.05, 0.1) is 0 Å². The van der Waals surface area contributed by atoms with Crippen molar-refractivity contribution in [3.05, 3.63) is 65.7 Å². The summed E-state index contributed by atoms with van der Waals surface area (Å²) in [4.78, 5) is 20.9. The first-order chi connectivity index (χ1) is 14.5. The molecule has 2 N–H and O–H groups in total. The van der Waals surface area contributed by atoms with Crippen molar-refractivity contribution in [2.45, 2.75) is 32.4 Å². The number of benzene rings is 2. The molecule has 6 nitrogen and oxygen atoms in total. The summed E-state index contributed by atoms with van der Waals surface area (Å²) in [6.45, 7) is 5.27. The van der Waals surface area contributed by atoms with Crippen molar-refractivity contribution in [3.63, 3.8) is 0 Å². The van der Waals surface area contributed by atoms with Crippen molar-refractivity contribution in [1.82, 2.24) is 15.5 Å². The first-order valence-electron chi connectivity index (χ1n) is 10.6. The Morgan fingerprint density at radius 1 is 1.16 bits per heavy atom. The maximum Gasteiger partial charge on any atom is 0.224 e. The third-order valence-electron chi connectivity index (χ3n) is 5.47. The van der Waals surface area contributed by atoms with E-state index < -0.39 is 0 Å². The predicted molar refractivity (Wildman–Crippen MR) is 139 cm³/mol. The Morgan fingerprint density at radius 3 is 2.55 bits per heavy atom. The summed E-state index contributed by atoms with van der Waals surface area (Å²) in [5.41, 5.74) is 3.68. The fraction of sp³-hybridized carbons (Fsp3) is 0.417. The minimum absolute atomic E-state index is 0. The van der Waals surface area contributed by atoms with Gasteiger partial charge in [0, 0.05) is 58.4 Å². The molecule has 0 saturated carbocycles. The van der Waals surface area contributed by atoms with Gasteiger partial charge >= 0.3 is 0 Å². The van der Waals surface area contributed by atoms with Crippen LogP contribution in [-0.2, 0) is 11.3 Å². The number of hydrogen-bond acceptors (Lipinski definition) is 3. The number of nitrogens with one attached hydrogen (secondary N) is 2. The molecule has 1 unspecified atom stereocenters. The van der Waals surface area contributed by atoms with Crippen molar-refractivity contribution in [2.24, 2.45) is 4.99 Å². The zero-order valence-corrected chi connectivity index (χ0v) is 21.0. The monoisotopic (exact) mass is 535 g/mol. The van der Waals surface area contributed by atoms with Crippen LogP contribution in [0, 0.1) is 6.92 Å².